The highest BCUT2D eigenvalue weighted by atomic mass is 16.6. The molecule has 4 aliphatic heterocycles. The third-order valence-electron chi connectivity index (χ3n) is 14.3. The summed E-state index contributed by atoms with van der Waals surface area (Å²) < 4.78 is 24.1. The van der Waals surface area contributed by atoms with Crippen LogP contribution in [0.1, 0.15) is 51.6 Å². The molecular weight excluding hydrogens is 939 g/mol. The van der Waals surface area contributed by atoms with Crippen LogP contribution in [0.5, 0.6) is 5.75 Å². The van der Waals surface area contributed by atoms with Crippen molar-refractivity contribution in [2.24, 2.45) is 5.92 Å². The van der Waals surface area contributed by atoms with E-state index >= 15 is 14.4 Å². The van der Waals surface area contributed by atoms with Crippen molar-refractivity contribution in [2.45, 2.75) is 36.2 Å². The second kappa shape index (κ2) is 22.0. The number of methoxy groups -OCH3 is 1. The molecule has 6 aromatic rings. The Morgan fingerprint density at radius 2 is 1.47 bits per heavy atom. The van der Waals surface area contributed by atoms with Crippen LogP contribution in [0.4, 0.5) is 16.4 Å². The van der Waals surface area contributed by atoms with E-state index in [0.717, 1.165) is 16.0 Å². The lowest BCUT2D eigenvalue weighted by Crippen LogP contribution is -2.59. The molecule has 5 aromatic carbocycles. The molecule has 5 heterocycles. The van der Waals surface area contributed by atoms with Crippen molar-refractivity contribution in [3.63, 3.8) is 0 Å². The normalized spacial score (nSPS) is 22.2. The predicted molar refractivity (Wildman–Crippen MR) is 275 cm³/mol. The number of fused-ring (bicyclic) bond motifs is 3. The Morgan fingerprint density at radius 3 is 2.18 bits per heavy atom. The summed E-state index contributed by atoms with van der Waals surface area (Å²) >= 11 is 0. The van der Waals surface area contributed by atoms with Crippen molar-refractivity contribution in [1.29, 1.82) is 0 Å². The van der Waals surface area contributed by atoms with Gasteiger partial charge in [0.15, 0.2) is 0 Å². The topological polar surface area (TPSA) is 167 Å². The number of benzene rings is 5. The molecule has 0 radical (unpaired) electrons. The molecule has 3 fully saturated rings. The Labute approximate surface area is 430 Å². The molecule has 10 rings (SSSR count). The molecule has 0 saturated carbocycles. The maximum Gasteiger partial charge on any atom is 0.421 e. The zero-order valence-electron chi connectivity index (χ0n) is 41.2. The summed E-state index contributed by atoms with van der Waals surface area (Å²) in [5.74, 6) is 3.97. The lowest BCUT2D eigenvalue weighted by atomic mass is 9.64. The number of esters is 1. The summed E-state index contributed by atoms with van der Waals surface area (Å²) in [5.41, 5.74) is 1.94. The van der Waals surface area contributed by atoms with Gasteiger partial charge in [-0.15, -0.1) is 0 Å². The minimum Gasteiger partial charge on any atom is -0.491 e. The molecule has 3 saturated heterocycles. The van der Waals surface area contributed by atoms with Crippen molar-refractivity contribution in [3.8, 4) is 17.6 Å². The van der Waals surface area contributed by atoms with Crippen LogP contribution in [0.25, 0.3) is 0 Å². The van der Waals surface area contributed by atoms with E-state index in [1.165, 1.54) is 7.11 Å². The number of aliphatic hydroxyl groups excluding tert-OH is 1. The maximum atomic E-state index is 16.7. The molecule has 16 nitrogen and oxygen atoms in total. The van der Waals surface area contributed by atoms with Gasteiger partial charge in [0.1, 0.15) is 36.5 Å². The minimum atomic E-state index is -2.07. The van der Waals surface area contributed by atoms with Crippen LogP contribution in [0.3, 0.4) is 0 Å². The fourth-order valence-corrected chi connectivity index (χ4v) is 11.2. The number of hydrogen-bond donors (Lipinski definition) is 1. The number of rotatable bonds is 14. The summed E-state index contributed by atoms with van der Waals surface area (Å²) in [6.07, 6.45) is 1.41. The summed E-state index contributed by atoms with van der Waals surface area (Å²) in [6, 6.07) is 39.7. The standard InChI is InChI=1S/C58H57N7O9/c1-61(39-41-16-6-3-7-17-41)29-14-18-40-25-26-46-45(38-40)58(55(69)64(46)57(70)73-37-36-71-2)48(53(67)62-30-32-63(33-31-62)56-59-27-15-28-60-56)50-54(68)74-51(43-21-10-5-11-22-43)49(42-19-8-4-9-20-42)65(50)52(58)44-23-12-13-24-47(44)72-35-34-66/h3-13,15-17,19-28,38,48-52,66H,29-37,39H2,1-2H3. The SMILES string of the molecule is COCCOC(=O)N1C(=O)C2(c3cc(C#CCN(C)Cc4ccccc4)ccc31)C(C(=O)N1CCN(c3ncccn3)CC1)C1C(=O)OC(c3ccccc3)C(c3ccccc3)N1C2c1ccccc1OCCO. The Balaban J connectivity index is 1.22. The number of aliphatic hydroxyl groups is 1. The van der Waals surface area contributed by atoms with Gasteiger partial charge in [-0.05, 0) is 59.6 Å². The summed E-state index contributed by atoms with van der Waals surface area (Å²) in [5, 5.41) is 10.2. The fraction of sp³-hybridized carbons (Fsp3) is 0.310. The van der Waals surface area contributed by atoms with Crippen LogP contribution in [0.2, 0.25) is 0 Å². The highest BCUT2D eigenvalue weighted by Gasteiger charge is 2.76. The zero-order chi connectivity index (χ0) is 51.2. The molecule has 4 aliphatic rings. The van der Waals surface area contributed by atoms with E-state index < -0.39 is 59.4 Å². The van der Waals surface area contributed by atoms with Crippen molar-refractivity contribution in [3.05, 3.63) is 185 Å². The van der Waals surface area contributed by atoms with E-state index in [9.17, 15) is 9.90 Å². The summed E-state index contributed by atoms with van der Waals surface area (Å²) in [6.45, 7) is 1.64. The van der Waals surface area contributed by atoms with Crippen LogP contribution < -0.4 is 14.5 Å². The number of aromatic nitrogens is 2. The van der Waals surface area contributed by atoms with Gasteiger partial charge in [0.25, 0.3) is 0 Å². The van der Waals surface area contributed by atoms with E-state index in [0.29, 0.717) is 60.1 Å². The Kier molecular flexibility index (Phi) is 14.8. The van der Waals surface area contributed by atoms with Gasteiger partial charge in [-0.2, -0.15) is 0 Å². The number of carbonyl (C=O) groups is 4. The molecule has 74 heavy (non-hydrogen) atoms. The van der Waals surface area contributed by atoms with Gasteiger partial charge in [-0.25, -0.2) is 19.7 Å². The number of hydrogen-bond acceptors (Lipinski definition) is 14. The monoisotopic (exact) mass is 995 g/mol. The molecule has 1 spiro atoms. The van der Waals surface area contributed by atoms with Crippen LogP contribution in [-0.2, 0) is 40.6 Å². The Morgan fingerprint density at radius 1 is 0.797 bits per heavy atom. The molecule has 0 bridgehead atoms. The van der Waals surface area contributed by atoms with Gasteiger partial charge in [0.05, 0.1) is 43.4 Å². The average molecular weight is 996 g/mol. The third-order valence-corrected chi connectivity index (χ3v) is 14.3. The first-order chi connectivity index (χ1) is 36.2. The third kappa shape index (κ3) is 9.35. The van der Waals surface area contributed by atoms with Crippen LogP contribution in [0.15, 0.2) is 152 Å². The van der Waals surface area contributed by atoms with Crippen LogP contribution >= 0.6 is 0 Å². The van der Waals surface area contributed by atoms with Crippen molar-refractivity contribution >= 4 is 35.5 Å². The molecule has 1 N–H and O–H groups in total. The van der Waals surface area contributed by atoms with E-state index in [2.05, 4.69) is 38.8 Å². The van der Waals surface area contributed by atoms with Gasteiger partial charge in [0.2, 0.25) is 17.8 Å². The second-order valence-corrected chi connectivity index (χ2v) is 18.7. The number of cyclic esters (lactones) is 1. The highest BCUT2D eigenvalue weighted by Crippen LogP contribution is 2.67. The minimum absolute atomic E-state index is 0.0552. The fourth-order valence-electron chi connectivity index (χ4n) is 11.2. The first-order valence-corrected chi connectivity index (χ1v) is 24.8. The first kappa shape index (κ1) is 49.6. The number of imide groups is 1. The number of morpholine rings is 1. The summed E-state index contributed by atoms with van der Waals surface area (Å²) in [7, 11) is 3.46. The number of anilines is 2. The van der Waals surface area contributed by atoms with E-state index in [4.69, 9.17) is 18.9 Å². The van der Waals surface area contributed by atoms with Crippen molar-refractivity contribution in [2.75, 3.05) is 83.1 Å². The average Bonchev–Trinajstić information content (AvgIpc) is 3.89. The number of carbonyl (C=O) groups excluding carboxylic acids is 4. The molecule has 1 aromatic heterocycles. The Hall–Kier alpha value is -7.94. The molecule has 378 valence electrons. The lowest BCUT2D eigenvalue weighted by Gasteiger charge is -2.46. The highest BCUT2D eigenvalue weighted by molar-refractivity contribution is 6.23. The first-order valence-electron chi connectivity index (χ1n) is 24.8. The van der Waals surface area contributed by atoms with Gasteiger partial charge in [0, 0.05) is 63.4 Å². The molecule has 16 heteroatoms. The van der Waals surface area contributed by atoms with E-state index in [1.807, 2.05) is 108 Å². The van der Waals surface area contributed by atoms with Gasteiger partial charge < -0.3 is 33.9 Å². The molecule has 6 unspecified atom stereocenters. The zero-order valence-corrected chi connectivity index (χ0v) is 41.2. The van der Waals surface area contributed by atoms with Gasteiger partial charge in [-0.1, -0.05) is 121 Å². The van der Waals surface area contributed by atoms with Crippen molar-refractivity contribution in [1.82, 2.24) is 24.7 Å². The molecule has 3 amide bonds. The van der Waals surface area contributed by atoms with Gasteiger partial charge >= 0.3 is 12.1 Å². The number of piperazine rings is 1. The Bertz CT molecular complexity index is 3020. The van der Waals surface area contributed by atoms with Crippen LogP contribution in [0, 0.1) is 17.8 Å². The largest absolute Gasteiger partial charge is 0.491 e. The smallest absolute Gasteiger partial charge is 0.421 e. The number of ether oxygens (including phenoxy) is 4. The summed E-state index contributed by atoms with van der Waals surface area (Å²) in [4.78, 5) is 81.2. The number of nitrogens with zero attached hydrogens (tertiary/aromatic N) is 7. The number of amides is 3. The van der Waals surface area contributed by atoms with Crippen molar-refractivity contribution < 1.29 is 43.2 Å². The maximum absolute atomic E-state index is 16.7. The predicted octanol–water partition coefficient (Wildman–Crippen LogP) is 6.13. The molecule has 6 atom stereocenters. The van der Waals surface area contributed by atoms with E-state index in [-0.39, 0.29) is 45.2 Å². The number of para-hydroxylation sites is 1. The quantitative estimate of drug-likeness (QED) is 0.0753. The second-order valence-electron chi connectivity index (χ2n) is 18.7. The van der Waals surface area contributed by atoms with Crippen LogP contribution in [-0.4, -0.2) is 133 Å². The molecule has 0 aliphatic carbocycles. The molecular formula is C58H57N7O9. The van der Waals surface area contributed by atoms with E-state index in [1.54, 1.807) is 53.7 Å². The lowest BCUT2D eigenvalue weighted by molar-refractivity contribution is -0.179. The van der Waals surface area contributed by atoms with Gasteiger partial charge in [-0.3, -0.25) is 24.2 Å².